The minimum absolute atomic E-state index is 0.118. The van der Waals surface area contributed by atoms with Crippen LogP contribution < -0.4 is 9.80 Å². The molecule has 0 bridgehead atoms. The van der Waals surface area contributed by atoms with Crippen molar-refractivity contribution in [3.05, 3.63) is 161 Å². The molecular formula is C38H31BrN4. The molecule has 7 rings (SSSR count). The fraction of sp³-hybridized carbons (Fsp3) is 0.105. The summed E-state index contributed by atoms with van der Waals surface area (Å²) >= 11 is 3.84. The Bertz CT molecular complexity index is 1840. The van der Waals surface area contributed by atoms with E-state index in [1.165, 1.54) is 22.3 Å². The summed E-state index contributed by atoms with van der Waals surface area (Å²) in [4.78, 5) is 14.0. The van der Waals surface area contributed by atoms with Gasteiger partial charge in [-0.3, -0.25) is 9.80 Å². The number of hydrogen-bond donors (Lipinski definition) is 0. The largest absolute Gasteiger partial charge is 0.295 e. The molecule has 2 aliphatic carbocycles. The molecule has 0 unspecified atom stereocenters. The Hall–Kier alpha value is -4.74. The summed E-state index contributed by atoms with van der Waals surface area (Å²) in [7, 11) is 0. The van der Waals surface area contributed by atoms with E-state index in [1.54, 1.807) is 0 Å². The van der Waals surface area contributed by atoms with E-state index in [9.17, 15) is 0 Å². The molecule has 5 heteroatoms. The number of allylic oxidation sites excluding steroid dienone is 6. The predicted molar refractivity (Wildman–Crippen MR) is 182 cm³/mol. The summed E-state index contributed by atoms with van der Waals surface area (Å²) in [6.45, 7) is 4.66. The van der Waals surface area contributed by atoms with Gasteiger partial charge in [-0.15, -0.1) is 0 Å². The zero-order valence-electron chi connectivity index (χ0n) is 24.2. The maximum Gasteiger partial charge on any atom is 0.137 e. The molecule has 0 amide bonds. The van der Waals surface area contributed by atoms with E-state index in [-0.39, 0.29) is 5.41 Å². The quantitative estimate of drug-likeness (QED) is 0.188. The molecule has 2 aromatic heterocycles. The van der Waals surface area contributed by atoms with Gasteiger partial charge >= 0.3 is 0 Å². The first-order valence-corrected chi connectivity index (χ1v) is 15.3. The maximum atomic E-state index is 4.82. The number of hydrogen-bond acceptors (Lipinski definition) is 4. The van der Waals surface area contributed by atoms with Crippen molar-refractivity contribution in [3.8, 4) is 0 Å². The van der Waals surface area contributed by atoms with Gasteiger partial charge < -0.3 is 0 Å². The molecule has 210 valence electrons. The topological polar surface area (TPSA) is 32.3 Å². The Morgan fingerprint density at radius 3 is 1.91 bits per heavy atom. The molecule has 0 saturated heterocycles. The van der Waals surface area contributed by atoms with Gasteiger partial charge in [-0.25, -0.2) is 9.97 Å². The lowest BCUT2D eigenvalue weighted by atomic mass is 9.81. The zero-order valence-corrected chi connectivity index (χ0v) is 25.7. The van der Waals surface area contributed by atoms with Crippen LogP contribution in [-0.2, 0) is 5.41 Å². The fourth-order valence-electron chi connectivity index (χ4n) is 6.17. The lowest BCUT2D eigenvalue weighted by molar-refractivity contribution is 0.654. The summed E-state index contributed by atoms with van der Waals surface area (Å²) < 4.78 is 0.961. The first-order chi connectivity index (χ1) is 21.0. The summed E-state index contributed by atoms with van der Waals surface area (Å²) in [6.07, 6.45) is 13.8. The number of benzene rings is 3. The first-order valence-electron chi connectivity index (χ1n) is 14.5. The molecular weight excluding hydrogens is 592 g/mol. The maximum absolute atomic E-state index is 4.82. The van der Waals surface area contributed by atoms with Gasteiger partial charge in [-0.05, 0) is 95.4 Å². The van der Waals surface area contributed by atoms with E-state index in [0.29, 0.717) is 0 Å². The van der Waals surface area contributed by atoms with Crippen LogP contribution in [0.4, 0.5) is 34.4 Å². The van der Waals surface area contributed by atoms with Crippen LogP contribution in [0.25, 0.3) is 5.57 Å². The molecule has 3 aromatic carbocycles. The molecule has 0 spiro atoms. The molecule has 0 N–H and O–H groups in total. The highest BCUT2D eigenvalue weighted by atomic mass is 79.9. The number of nitrogens with zero attached hydrogens (tertiary/aromatic N) is 4. The number of rotatable bonds is 6. The number of anilines is 6. The highest BCUT2D eigenvalue weighted by molar-refractivity contribution is 9.10. The molecule has 0 radical (unpaired) electrons. The summed E-state index contributed by atoms with van der Waals surface area (Å²) in [5.74, 6) is 1.69. The van der Waals surface area contributed by atoms with Crippen LogP contribution in [0.2, 0.25) is 0 Å². The van der Waals surface area contributed by atoms with Crippen molar-refractivity contribution in [3.63, 3.8) is 0 Å². The van der Waals surface area contributed by atoms with Gasteiger partial charge in [0.05, 0.1) is 11.4 Å². The molecule has 0 aliphatic heterocycles. The first kappa shape index (κ1) is 27.1. The van der Waals surface area contributed by atoms with Gasteiger partial charge in [-0.1, -0.05) is 90.5 Å². The van der Waals surface area contributed by atoms with Crippen LogP contribution in [0.1, 0.15) is 31.4 Å². The van der Waals surface area contributed by atoms with Crippen molar-refractivity contribution in [1.82, 2.24) is 9.97 Å². The van der Waals surface area contributed by atoms with Crippen LogP contribution in [0.15, 0.2) is 150 Å². The van der Waals surface area contributed by atoms with Crippen molar-refractivity contribution in [2.24, 2.45) is 0 Å². The Labute approximate surface area is 261 Å². The SMILES string of the molecule is CC1(C)C2=C(C=CCC=C2)c2ccc(N(c3cc(Br)cc(N(c4ccccc4)c4ccccn4)c3)c3ccccn3)cc21. The fourth-order valence-corrected chi connectivity index (χ4v) is 6.64. The molecule has 4 nitrogen and oxygen atoms in total. The highest BCUT2D eigenvalue weighted by Gasteiger charge is 2.36. The Morgan fingerprint density at radius 2 is 1.26 bits per heavy atom. The van der Waals surface area contributed by atoms with E-state index in [4.69, 9.17) is 9.97 Å². The van der Waals surface area contributed by atoms with Crippen LogP contribution >= 0.6 is 15.9 Å². The second kappa shape index (κ2) is 11.2. The molecule has 43 heavy (non-hydrogen) atoms. The summed E-state index contributed by atoms with van der Waals surface area (Å²) in [6, 6.07) is 35.7. The number of halogens is 1. The van der Waals surface area contributed by atoms with Crippen LogP contribution in [0, 0.1) is 0 Å². The third-order valence-electron chi connectivity index (χ3n) is 8.18. The van der Waals surface area contributed by atoms with E-state index in [0.717, 1.165) is 45.3 Å². The Balaban J connectivity index is 1.40. The lowest BCUT2D eigenvalue weighted by Crippen LogP contribution is -2.18. The van der Waals surface area contributed by atoms with E-state index < -0.39 is 0 Å². The van der Waals surface area contributed by atoms with Crippen LogP contribution in [-0.4, -0.2) is 9.97 Å². The van der Waals surface area contributed by atoms with E-state index in [2.05, 4.69) is 131 Å². The molecule has 0 saturated carbocycles. The predicted octanol–water partition coefficient (Wildman–Crippen LogP) is 10.7. The summed E-state index contributed by atoms with van der Waals surface area (Å²) in [5.41, 5.74) is 9.26. The summed E-state index contributed by atoms with van der Waals surface area (Å²) in [5, 5.41) is 0. The van der Waals surface area contributed by atoms with Gasteiger partial charge in [0.25, 0.3) is 0 Å². The third-order valence-corrected chi connectivity index (χ3v) is 8.64. The van der Waals surface area contributed by atoms with E-state index >= 15 is 0 Å². The van der Waals surface area contributed by atoms with Crippen LogP contribution in [0.5, 0.6) is 0 Å². The van der Waals surface area contributed by atoms with Crippen molar-refractivity contribution in [1.29, 1.82) is 0 Å². The minimum atomic E-state index is -0.118. The van der Waals surface area contributed by atoms with Gasteiger partial charge in [0, 0.05) is 33.7 Å². The molecule has 2 aliphatic rings. The minimum Gasteiger partial charge on any atom is -0.295 e. The van der Waals surface area contributed by atoms with Gasteiger partial charge in [0.15, 0.2) is 0 Å². The Kier molecular flexibility index (Phi) is 7.04. The normalized spacial score (nSPS) is 14.7. The van der Waals surface area contributed by atoms with Crippen molar-refractivity contribution in [2.45, 2.75) is 25.7 Å². The van der Waals surface area contributed by atoms with E-state index in [1.807, 2.05) is 48.8 Å². The monoisotopic (exact) mass is 622 g/mol. The molecule has 2 heterocycles. The number of aromatic nitrogens is 2. The average Bonchev–Trinajstić information content (AvgIpc) is 3.18. The van der Waals surface area contributed by atoms with Crippen LogP contribution in [0.3, 0.4) is 0 Å². The zero-order chi connectivity index (χ0) is 29.4. The second-order valence-corrected chi connectivity index (χ2v) is 12.2. The average molecular weight is 624 g/mol. The number of para-hydroxylation sites is 1. The van der Waals surface area contributed by atoms with Crippen molar-refractivity contribution in [2.75, 3.05) is 9.80 Å². The third kappa shape index (κ3) is 5.00. The smallest absolute Gasteiger partial charge is 0.137 e. The Morgan fingerprint density at radius 1 is 0.628 bits per heavy atom. The van der Waals surface area contributed by atoms with Gasteiger partial charge in [-0.2, -0.15) is 0 Å². The molecule has 5 aromatic rings. The number of fused-ring (bicyclic) bond motifs is 2. The van der Waals surface area contributed by atoms with Gasteiger partial charge in [0.2, 0.25) is 0 Å². The highest BCUT2D eigenvalue weighted by Crippen LogP contribution is 2.50. The van der Waals surface area contributed by atoms with Gasteiger partial charge in [0.1, 0.15) is 11.6 Å². The molecule has 0 atom stereocenters. The molecule has 0 fully saturated rings. The van der Waals surface area contributed by atoms with Crippen molar-refractivity contribution >= 4 is 55.9 Å². The lowest BCUT2D eigenvalue weighted by Gasteiger charge is -2.30. The standard InChI is InChI=1S/C38H31BrN4/c1-38(2)34-16-8-4-7-15-32(34)33-20-19-29(26-35(33)38)43(37-18-10-12-22-41-37)31-24-27(39)23-30(25-31)42(28-13-5-3-6-14-28)36-17-9-11-21-40-36/h3,5-26H,4H2,1-2H3. The second-order valence-electron chi connectivity index (χ2n) is 11.3. The number of pyridine rings is 2. The van der Waals surface area contributed by atoms with Crippen molar-refractivity contribution < 1.29 is 0 Å².